The van der Waals surface area contributed by atoms with E-state index >= 15 is 0 Å². The van der Waals surface area contributed by atoms with Gasteiger partial charge in [0, 0.05) is 5.56 Å². The minimum atomic E-state index is -0.0466. The van der Waals surface area contributed by atoms with Gasteiger partial charge < -0.3 is 0 Å². The Morgan fingerprint density at radius 3 is 3.07 bits per heavy atom. The molecule has 0 aliphatic heterocycles. The Balaban J connectivity index is 2.42. The van der Waals surface area contributed by atoms with E-state index in [1.54, 1.807) is 0 Å². The highest BCUT2D eigenvalue weighted by Gasteiger charge is 2.17. The fraction of sp³-hybridized carbons (Fsp3) is 0.500. The van der Waals surface area contributed by atoms with Crippen LogP contribution in [0.5, 0.6) is 0 Å². The number of nitrogens with zero attached hydrogens (tertiary/aromatic N) is 4. The van der Waals surface area contributed by atoms with Crippen molar-refractivity contribution >= 4 is 5.78 Å². The highest BCUT2D eigenvalue weighted by Crippen LogP contribution is 2.15. The summed E-state index contributed by atoms with van der Waals surface area (Å²) in [4.78, 5) is 16.1. The summed E-state index contributed by atoms with van der Waals surface area (Å²) in [6.45, 7) is 0. The molecule has 0 radical (unpaired) electrons. The summed E-state index contributed by atoms with van der Waals surface area (Å²) in [7, 11) is 0. The molecule has 0 aromatic carbocycles. The van der Waals surface area contributed by atoms with Gasteiger partial charge in [0.2, 0.25) is 0 Å². The molecule has 6 heteroatoms. The standard InChI is InChI=1S/C8H9N5O/c14-7-5-3-1-2-4-6(5)9-8-10-11-12-13(7)8/h1-4H2,(H,9,10,12). The van der Waals surface area contributed by atoms with Gasteiger partial charge in [0.15, 0.2) is 0 Å². The lowest BCUT2D eigenvalue weighted by molar-refractivity contribution is 0.648. The van der Waals surface area contributed by atoms with Crippen molar-refractivity contribution in [3.63, 3.8) is 0 Å². The fourth-order valence-corrected chi connectivity index (χ4v) is 1.91. The summed E-state index contributed by atoms with van der Waals surface area (Å²) in [5, 5.41) is 9.81. The molecule has 6 nitrogen and oxygen atoms in total. The monoisotopic (exact) mass is 191 g/mol. The number of tetrazole rings is 1. The SMILES string of the molecule is O=c1c2c(nc3nn[nH]n13)CCCC2. The average Bonchev–Trinajstić information content (AvgIpc) is 2.66. The van der Waals surface area contributed by atoms with Gasteiger partial charge in [-0.2, -0.15) is 9.73 Å². The van der Waals surface area contributed by atoms with Crippen LogP contribution in [0.15, 0.2) is 4.79 Å². The average molecular weight is 191 g/mol. The number of aryl methyl sites for hydroxylation is 1. The molecule has 14 heavy (non-hydrogen) atoms. The second-order valence-electron chi connectivity index (χ2n) is 3.48. The molecule has 2 heterocycles. The molecule has 0 atom stereocenters. The first-order valence-corrected chi connectivity index (χ1v) is 4.68. The van der Waals surface area contributed by atoms with Crippen LogP contribution < -0.4 is 5.56 Å². The van der Waals surface area contributed by atoms with Crippen LogP contribution in [-0.4, -0.2) is 25.0 Å². The molecule has 3 rings (SSSR count). The summed E-state index contributed by atoms with van der Waals surface area (Å²) < 4.78 is 1.30. The van der Waals surface area contributed by atoms with E-state index in [1.165, 1.54) is 4.52 Å². The number of aromatic amines is 1. The molecule has 0 saturated heterocycles. The number of hydrogen-bond donors (Lipinski definition) is 1. The van der Waals surface area contributed by atoms with Crippen LogP contribution >= 0.6 is 0 Å². The molecular formula is C8H9N5O. The zero-order chi connectivity index (χ0) is 9.54. The lowest BCUT2D eigenvalue weighted by atomic mass is 9.97. The topological polar surface area (TPSA) is 75.9 Å². The maximum Gasteiger partial charge on any atom is 0.278 e. The summed E-state index contributed by atoms with van der Waals surface area (Å²) >= 11 is 0. The van der Waals surface area contributed by atoms with E-state index < -0.39 is 0 Å². The number of aromatic nitrogens is 5. The van der Waals surface area contributed by atoms with E-state index in [0.29, 0.717) is 5.78 Å². The number of rotatable bonds is 0. The van der Waals surface area contributed by atoms with Crippen molar-refractivity contribution < 1.29 is 0 Å². The molecule has 0 fully saturated rings. The van der Waals surface area contributed by atoms with E-state index in [9.17, 15) is 4.79 Å². The van der Waals surface area contributed by atoms with Crippen LogP contribution in [0, 0.1) is 0 Å². The van der Waals surface area contributed by atoms with Crippen LogP contribution in [-0.2, 0) is 12.8 Å². The van der Waals surface area contributed by atoms with E-state index in [0.717, 1.165) is 36.9 Å². The maximum atomic E-state index is 11.8. The molecule has 1 aliphatic carbocycles. The Morgan fingerprint density at radius 1 is 1.29 bits per heavy atom. The molecule has 0 unspecified atom stereocenters. The summed E-state index contributed by atoms with van der Waals surface area (Å²) in [5.41, 5.74) is 1.67. The van der Waals surface area contributed by atoms with Gasteiger partial charge in [-0.15, -0.1) is 0 Å². The van der Waals surface area contributed by atoms with E-state index in [4.69, 9.17) is 0 Å². The predicted octanol–water partition coefficient (Wildman–Crippen LogP) is -0.309. The Hall–Kier alpha value is -1.72. The van der Waals surface area contributed by atoms with Crippen LogP contribution in [0.1, 0.15) is 24.1 Å². The largest absolute Gasteiger partial charge is 0.278 e. The fourth-order valence-electron chi connectivity index (χ4n) is 1.91. The summed E-state index contributed by atoms with van der Waals surface area (Å²) in [6, 6.07) is 0. The van der Waals surface area contributed by atoms with Gasteiger partial charge in [0.1, 0.15) is 0 Å². The summed E-state index contributed by atoms with van der Waals surface area (Å²) in [6.07, 6.45) is 3.88. The zero-order valence-electron chi connectivity index (χ0n) is 7.53. The minimum absolute atomic E-state index is 0.0466. The Kier molecular flexibility index (Phi) is 1.44. The van der Waals surface area contributed by atoms with E-state index in [1.807, 2.05) is 0 Å². The Labute approximate surface area is 78.9 Å². The van der Waals surface area contributed by atoms with E-state index in [2.05, 4.69) is 20.5 Å². The van der Waals surface area contributed by atoms with Gasteiger partial charge in [0.25, 0.3) is 11.3 Å². The smallest absolute Gasteiger partial charge is 0.267 e. The first kappa shape index (κ1) is 7.66. The molecular weight excluding hydrogens is 182 g/mol. The minimum Gasteiger partial charge on any atom is -0.267 e. The van der Waals surface area contributed by atoms with Crippen LogP contribution in [0.25, 0.3) is 5.78 Å². The Morgan fingerprint density at radius 2 is 2.14 bits per heavy atom. The Bertz CT molecular complexity index is 540. The predicted molar refractivity (Wildman–Crippen MR) is 48.0 cm³/mol. The molecule has 2 aromatic heterocycles. The van der Waals surface area contributed by atoms with Crippen molar-refractivity contribution in [1.82, 2.24) is 25.0 Å². The number of hydrogen-bond acceptors (Lipinski definition) is 4. The zero-order valence-corrected chi connectivity index (χ0v) is 7.53. The van der Waals surface area contributed by atoms with Gasteiger partial charge in [-0.1, -0.05) is 5.10 Å². The van der Waals surface area contributed by atoms with Crippen molar-refractivity contribution in [2.45, 2.75) is 25.7 Å². The van der Waals surface area contributed by atoms with E-state index in [-0.39, 0.29) is 5.56 Å². The molecule has 1 N–H and O–H groups in total. The third kappa shape index (κ3) is 0.905. The summed E-state index contributed by atoms with van der Waals surface area (Å²) in [5.74, 6) is 0.371. The van der Waals surface area contributed by atoms with Crippen LogP contribution in [0.4, 0.5) is 0 Å². The molecule has 0 bridgehead atoms. The quantitative estimate of drug-likeness (QED) is 0.619. The van der Waals surface area contributed by atoms with Crippen molar-refractivity contribution in [3.8, 4) is 0 Å². The molecule has 1 aliphatic rings. The molecule has 0 saturated carbocycles. The van der Waals surface area contributed by atoms with Gasteiger partial charge in [-0.05, 0) is 30.9 Å². The second kappa shape index (κ2) is 2.63. The number of fused-ring (bicyclic) bond motifs is 2. The first-order chi connectivity index (χ1) is 6.86. The van der Waals surface area contributed by atoms with Crippen LogP contribution in [0.2, 0.25) is 0 Å². The maximum absolute atomic E-state index is 11.8. The second-order valence-corrected chi connectivity index (χ2v) is 3.48. The van der Waals surface area contributed by atoms with Crippen molar-refractivity contribution in [2.24, 2.45) is 0 Å². The van der Waals surface area contributed by atoms with Gasteiger partial charge >= 0.3 is 0 Å². The third-order valence-electron chi connectivity index (χ3n) is 2.62. The number of H-pyrrole nitrogens is 1. The van der Waals surface area contributed by atoms with Gasteiger partial charge in [-0.3, -0.25) is 4.79 Å². The highest BCUT2D eigenvalue weighted by atomic mass is 16.1. The van der Waals surface area contributed by atoms with Crippen molar-refractivity contribution in [1.29, 1.82) is 0 Å². The first-order valence-electron chi connectivity index (χ1n) is 4.68. The number of nitrogens with one attached hydrogen (secondary N) is 1. The molecule has 0 amide bonds. The normalized spacial score (nSPS) is 15.7. The molecule has 0 spiro atoms. The van der Waals surface area contributed by atoms with Gasteiger partial charge in [-0.25, -0.2) is 4.98 Å². The lowest BCUT2D eigenvalue weighted by Crippen LogP contribution is -2.25. The van der Waals surface area contributed by atoms with Crippen LogP contribution in [0.3, 0.4) is 0 Å². The molecule has 72 valence electrons. The van der Waals surface area contributed by atoms with Crippen molar-refractivity contribution in [3.05, 3.63) is 21.6 Å². The third-order valence-corrected chi connectivity index (χ3v) is 2.62. The highest BCUT2D eigenvalue weighted by molar-refractivity contribution is 5.31. The van der Waals surface area contributed by atoms with Crippen molar-refractivity contribution in [2.75, 3.05) is 0 Å². The van der Waals surface area contributed by atoms with Gasteiger partial charge in [0.05, 0.1) is 5.69 Å². The lowest BCUT2D eigenvalue weighted by Gasteiger charge is -2.12. The molecule has 2 aromatic rings.